The second kappa shape index (κ2) is 6.30. The van der Waals surface area contributed by atoms with E-state index in [9.17, 15) is 4.79 Å². The van der Waals surface area contributed by atoms with Crippen molar-refractivity contribution in [3.05, 3.63) is 69.2 Å². The number of fused-ring (bicyclic) bond motifs is 1. The predicted molar refractivity (Wildman–Crippen MR) is 91.5 cm³/mol. The summed E-state index contributed by atoms with van der Waals surface area (Å²) in [6.45, 7) is 2.46. The molecular weight excluding hydrogens is 314 g/mol. The molecule has 0 bridgehead atoms. The fraction of sp³-hybridized carbons (Fsp3) is 0.176. The van der Waals surface area contributed by atoms with Gasteiger partial charge in [-0.25, -0.2) is 4.98 Å². The molecule has 0 aliphatic heterocycles. The van der Waals surface area contributed by atoms with Crippen LogP contribution in [0.4, 0.5) is 5.69 Å². The lowest BCUT2D eigenvalue weighted by atomic mass is 10.2. The van der Waals surface area contributed by atoms with Gasteiger partial charge in [0.25, 0.3) is 5.56 Å². The minimum atomic E-state index is -0.152. The minimum Gasteiger partial charge on any atom is -0.497 e. The third-order valence-corrected chi connectivity index (χ3v) is 3.79. The molecular formula is C17H16ClN3O2. The van der Waals surface area contributed by atoms with Gasteiger partial charge in [-0.2, -0.15) is 0 Å². The van der Waals surface area contributed by atoms with E-state index in [4.69, 9.17) is 16.3 Å². The Hall–Kier alpha value is -2.53. The number of aryl methyl sites for hydroxylation is 1. The molecule has 0 saturated heterocycles. The number of nitrogens with zero attached hydrogens (tertiary/aromatic N) is 2. The summed E-state index contributed by atoms with van der Waals surface area (Å²) in [5.74, 6) is 0.812. The van der Waals surface area contributed by atoms with Gasteiger partial charge in [0.15, 0.2) is 0 Å². The van der Waals surface area contributed by atoms with E-state index in [1.54, 1.807) is 25.4 Å². The van der Waals surface area contributed by atoms with Crippen molar-refractivity contribution in [2.24, 2.45) is 0 Å². The molecule has 0 spiro atoms. The number of anilines is 1. The number of aromatic nitrogens is 2. The Labute approximate surface area is 138 Å². The van der Waals surface area contributed by atoms with Gasteiger partial charge in [0.05, 0.1) is 24.4 Å². The summed E-state index contributed by atoms with van der Waals surface area (Å²) in [4.78, 5) is 16.6. The Balaban J connectivity index is 1.85. The third-order valence-electron chi connectivity index (χ3n) is 3.57. The van der Waals surface area contributed by atoms with Crippen LogP contribution in [0, 0.1) is 6.92 Å². The van der Waals surface area contributed by atoms with Gasteiger partial charge in [0.1, 0.15) is 11.4 Å². The first-order valence-corrected chi connectivity index (χ1v) is 7.51. The van der Waals surface area contributed by atoms with E-state index in [0.29, 0.717) is 22.9 Å². The molecule has 0 unspecified atom stereocenters. The number of methoxy groups -OCH3 is 1. The molecule has 0 aliphatic rings. The molecule has 0 fully saturated rings. The maximum absolute atomic E-state index is 12.1. The summed E-state index contributed by atoms with van der Waals surface area (Å²) < 4.78 is 6.63. The Morgan fingerprint density at radius 2 is 2.09 bits per heavy atom. The highest BCUT2D eigenvalue weighted by Crippen LogP contribution is 2.21. The number of hydrogen-bond donors (Lipinski definition) is 1. The predicted octanol–water partition coefficient (Wildman–Crippen LogP) is 3.28. The molecule has 23 heavy (non-hydrogen) atoms. The first-order valence-electron chi connectivity index (χ1n) is 7.13. The van der Waals surface area contributed by atoms with Crippen molar-refractivity contribution in [1.29, 1.82) is 0 Å². The van der Waals surface area contributed by atoms with Crippen molar-refractivity contribution in [3.63, 3.8) is 0 Å². The molecule has 0 radical (unpaired) electrons. The molecule has 3 rings (SSSR count). The summed E-state index contributed by atoms with van der Waals surface area (Å²) in [5, 5.41) is 3.79. The van der Waals surface area contributed by atoms with Gasteiger partial charge < -0.3 is 10.1 Å². The van der Waals surface area contributed by atoms with Crippen molar-refractivity contribution in [2.45, 2.75) is 13.5 Å². The highest BCUT2D eigenvalue weighted by atomic mass is 35.5. The summed E-state index contributed by atoms with van der Waals surface area (Å²) in [6.07, 6.45) is 1.57. The standard InChI is InChI=1S/C17H16ClN3O2/c1-11-7-14(23-2)4-5-15(11)19-9-13-8-17(22)21-10-12(18)3-6-16(21)20-13/h3-8,10,19H,9H2,1-2H3. The lowest BCUT2D eigenvalue weighted by Crippen LogP contribution is -2.16. The lowest BCUT2D eigenvalue weighted by Gasteiger charge is -2.11. The van der Waals surface area contributed by atoms with Gasteiger partial charge in [-0.3, -0.25) is 9.20 Å². The van der Waals surface area contributed by atoms with Crippen molar-refractivity contribution in [2.75, 3.05) is 12.4 Å². The van der Waals surface area contributed by atoms with E-state index in [1.807, 2.05) is 25.1 Å². The highest BCUT2D eigenvalue weighted by molar-refractivity contribution is 6.30. The van der Waals surface area contributed by atoms with Crippen LogP contribution in [0.5, 0.6) is 5.75 Å². The first-order chi connectivity index (χ1) is 11.1. The quantitative estimate of drug-likeness (QED) is 0.798. The van der Waals surface area contributed by atoms with Crippen molar-refractivity contribution < 1.29 is 4.74 Å². The van der Waals surface area contributed by atoms with Crippen LogP contribution in [-0.2, 0) is 6.54 Å². The van der Waals surface area contributed by atoms with Crippen molar-refractivity contribution in [3.8, 4) is 5.75 Å². The van der Waals surface area contributed by atoms with E-state index in [1.165, 1.54) is 10.5 Å². The number of benzene rings is 1. The summed E-state index contributed by atoms with van der Waals surface area (Å²) in [7, 11) is 1.64. The SMILES string of the molecule is COc1ccc(NCc2cc(=O)n3cc(Cl)ccc3n2)c(C)c1. The van der Waals surface area contributed by atoms with Crippen LogP contribution in [0.3, 0.4) is 0 Å². The largest absolute Gasteiger partial charge is 0.497 e. The Morgan fingerprint density at radius 3 is 2.83 bits per heavy atom. The van der Waals surface area contributed by atoms with E-state index in [2.05, 4.69) is 10.3 Å². The lowest BCUT2D eigenvalue weighted by molar-refractivity contribution is 0.414. The van der Waals surface area contributed by atoms with Gasteiger partial charge >= 0.3 is 0 Å². The maximum Gasteiger partial charge on any atom is 0.258 e. The molecule has 1 N–H and O–H groups in total. The Kier molecular flexibility index (Phi) is 4.21. The zero-order chi connectivity index (χ0) is 16.4. The van der Waals surface area contributed by atoms with Crippen LogP contribution in [0.25, 0.3) is 5.65 Å². The normalized spacial score (nSPS) is 10.7. The second-order valence-corrected chi connectivity index (χ2v) is 5.63. The van der Waals surface area contributed by atoms with Crippen LogP contribution < -0.4 is 15.6 Å². The zero-order valence-corrected chi connectivity index (χ0v) is 13.6. The summed E-state index contributed by atoms with van der Waals surface area (Å²) in [6, 6.07) is 10.7. The van der Waals surface area contributed by atoms with E-state index >= 15 is 0 Å². The van der Waals surface area contributed by atoms with Crippen LogP contribution in [0.15, 0.2) is 47.4 Å². The number of rotatable bonds is 4. The minimum absolute atomic E-state index is 0.152. The van der Waals surface area contributed by atoms with Gasteiger partial charge in [-0.1, -0.05) is 11.6 Å². The van der Waals surface area contributed by atoms with Crippen LogP contribution in [0.2, 0.25) is 5.02 Å². The smallest absolute Gasteiger partial charge is 0.258 e. The molecule has 0 amide bonds. The van der Waals surface area contributed by atoms with E-state index < -0.39 is 0 Å². The molecule has 118 valence electrons. The molecule has 6 heteroatoms. The summed E-state index contributed by atoms with van der Waals surface area (Å²) >= 11 is 5.90. The number of halogens is 1. The average molecular weight is 330 g/mol. The summed E-state index contributed by atoms with van der Waals surface area (Å²) in [5.41, 5.74) is 3.14. The number of pyridine rings is 1. The fourth-order valence-corrected chi connectivity index (χ4v) is 2.52. The zero-order valence-electron chi connectivity index (χ0n) is 12.8. The van der Waals surface area contributed by atoms with Crippen molar-refractivity contribution in [1.82, 2.24) is 9.38 Å². The molecule has 1 aromatic carbocycles. The maximum atomic E-state index is 12.1. The molecule has 0 aliphatic carbocycles. The highest BCUT2D eigenvalue weighted by Gasteiger charge is 2.05. The molecule has 5 nitrogen and oxygen atoms in total. The second-order valence-electron chi connectivity index (χ2n) is 5.20. The molecule has 2 aromatic heterocycles. The first kappa shape index (κ1) is 15.4. The third kappa shape index (κ3) is 3.29. The molecule has 2 heterocycles. The van der Waals surface area contributed by atoms with E-state index in [-0.39, 0.29) is 5.56 Å². The van der Waals surface area contributed by atoms with E-state index in [0.717, 1.165) is 17.0 Å². The topological polar surface area (TPSA) is 55.6 Å². The van der Waals surface area contributed by atoms with Crippen LogP contribution in [-0.4, -0.2) is 16.5 Å². The average Bonchev–Trinajstić information content (AvgIpc) is 2.54. The fourth-order valence-electron chi connectivity index (χ4n) is 2.36. The molecule has 0 atom stereocenters. The van der Waals surface area contributed by atoms with Crippen LogP contribution in [0.1, 0.15) is 11.3 Å². The van der Waals surface area contributed by atoms with Crippen molar-refractivity contribution >= 4 is 22.9 Å². The number of hydrogen-bond acceptors (Lipinski definition) is 4. The number of ether oxygens (including phenoxy) is 1. The number of nitrogens with one attached hydrogen (secondary N) is 1. The van der Waals surface area contributed by atoms with Gasteiger partial charge in [-0.05, 0) is 42.8 Å². The van der Waals surface area contributed by atoms with Gasteiger partial charge in [0, 0.05) is 18.0 Å². The van der Waals surface area contributed by atoms with Crippen LogP contribution >= 0.6 is 11.6 Å². The van der Waals surface area contributed by atoms with Gasteiger partial charge in [0.2, 0.25) is 0 Å². The monoisotopic (exact) mass is 329 g/mol. The Bertz CT molecular complexity index is 921. The molecule has 0 saturated carbocycles. The molecule has 3 aromatic rings. The Morgan fingerprint density at radius 1 is 1.26 bits per heavy atom. The van der Waals surface area contributed by atoms with Gasteiger partial charge in [-0.15, -0.1) is 0 Å².